The largest absolute Gasteiger partial charge is 0.326 e. The normalized spacial score (nSPS) is 16.8. The van der Waals surface area contributed by atoms with Gasteiger partial charge in [0.25, 0.3) is 0 Å². The SMILES string of the molecule is CC[C@@H](C(=O)Nc1cccc([C@H]2SCC(=O)N2c2ccc(C(C)C)cc2)c1)c1ccccc1. The van der Waals surface area contributed by atoms with Gasteiger partial charge in [0.2, 0.25) is 11.8 Å². The lowest BCUT2D eigenvalue weighted by atomic mass is 9.95. The Labute approximate surface area is 200 Å². The standard InChI is InChI=1S/C28H30N2O2S/c1-4-25(21-9-6-5-7-10-21)27(32)29-23-12-8-11-22(17-23)28-30(26(31)18-33-28)24-15-13-20(14-16-24)19(2)3/h5-17,19,25,28H,4,18H2,1-3H3,(H,29,32)/t25-,28-/m1/s1. The zero-order valence-electron chi connectivity index (χ0n) is 19.3. The maximum Gasteiger partial charge on any atom is 0.238 e. The average molecular weight is 459 g/mol. The van der Waals surface area contributed by atoms with Crippen LogP contribution in [-0.2, 0) is 9.59 Å². The van der Waals surface area contributed by atoms with Crippen LogP contribution in [0.1, 0.15) is 61.1 Å². The third-order valence-corrected chi connectivity index (χ3v) is 7.28. The number of amides is 2. The molecule has 0 radical (unpaired) electrons. The Kier molecular flexibility index (Phi) is 7.19. The third kappa shape index (κ3) is 5.14. The van der Waals surface area contributed by atoms with Crippen LogP contribution in [0.2, 0.25) is 0 Å². The van der Waals surface area contributed by atoms with Crippen molar-refractivity contribution < 1.29 is 9.59 Å². The summed E-state index contributed by atoms with van der Waals surface area (Å²) in [6.45, 7) is 6.35. The Morgan fingerprint density at radius 1 is 1.00 bits per heavy atom. The number of rotatable bonds is 7. The molecule has 170 valence electrons. The van der Waals surface area contributed by atoms with Crippen LogP contribution < -0.4 is 10.2 Å². The zero-order valence-corrected chi connectivity index (χ0v) is 20.1. The van der Waals surface area contributed by atoms with Gasteiger partial charge in [0, 0.05) is 11.4 Å². The number of nitrogens with zero attached hydrogens (tertiary/aromatic N) is 1. The number of anilines is 2. The van der Waals surface area contributed by atoms with Crippen LogP contribution in [0.15, 0.2) is 78.9 Å². The Balaban J connectivity index is 1.55. The molecule has 4 nitrogen and oxygen atoms in total. The van der Waals surface area contributed by atoms with Crippen molar-refractivity contribution in [3.05, 3.63) is 95.6 Å². The molecule has 1 aliphatic heterocycles. The molecule has 0 unspecified atom stereocenters. The van der Waals surface area contributed by atoms with Crippen LogP contribution in [0.3, 0.4) is 0 Å². The maximum absolute atomic E-state index is 13.0. The van der Waals surface area contributed by atoms with Crippen molar-refractivity contribution >= 4 is 35.0 Å². The van der Waals surface area contributed by atoms with Gasteiger partial charge >= 0.3 is 0 Å². The summed E-state index contributed by atoms with van der Waals surface area (Å²) in [7, 11) is 0. The monoisotopic (exact) mass is 458 g/mol. The smallest absolute Gasteiger partial charge is 0.238 e. The van der Waals surface area contributed by atoms with E-state index in [-0.39, 0.29) is 23.1 Å². The minimum absolute atomic E-state index is 0.0165. The fraction of sp³-hybridized carbons (Fsp3) is 0.286. The number of hydrogen-bond acceptors (Lipinski definition) is 3. The number of thioether (sulfide) groups is 1. The second kappa shape index (κ2) is 10.3. The molecule has 1 aliphatic rings. The van der Waals surface area contributed by atoms with Crippen LogP contribution in [0.25, 0.3) is 0 Å². The fourth-order valence-electron chi connectivity index (χ4n) is 4.23. The predicted octanol–water partition coefficient (Wildman–Crippen LogP) is 6.72. The van der Waals surface area contributed by atoms with Crippen molar-refractivity contribution in [2.24, 2.45) is 0 Å². The first-order valence-electron chi connectivity index (χ1n) is 11.5. The second-order valence-corrected chi connectivity index (χ2v) is 9.73. The molecule has 2 atom stereocenters. The van der Waals surface area contributed by atoms with E-state index >= 15 is 0 Å². The first-order valence-corrected chi connectivity index (χ1v) is 12.5. The van der Waals surface area contributed by atoms with E-state index in [4.69, 9.17) is 0 Å². The van der Waals surface area contributed by atoms with E-state index in [1.165, 1.54) is 5.56 Å². The lowest BCUT2D eigenvalue weighted by Crippen LogP contribution is -2.28. The van der Waals surface area contributed by atoms with Gasteiger partial charge in [-0.05, 0) is 53.3 Å². The first-order chi connectivity index (χ1) is 16.0. The summed E-state index contributed by atoms with van der Waals surface area (Å²) in [4.78, 5) is 27.7. The molecule has 0 spiro atoms. The number of benzene rings is 3. The molecular weight excluding hydrogens is 428 g/mol. The molecule has 0 aromatic heterocycles. The van der Waals surface area contributed by atoms with Crippen molar-refractivity contribution in [2.45, 2.75) is 44.4 Å². The van der Waals surface area contributed by atoms with Crippen molar-refractivity contribution in [3.63, 3.8) is 0 Å². The number of nitrogens with one attached hydrogen (secondary N) is 1. The third-order valence-electron chi connectivity index (χ3n) is 6.07. The van der Waals surface area contributed by atoms with E-state index in [1.54, 1.807) is 11.8 Å². The highest BCUT2D eigenvalue weighted by molar-refractivity contribution is 8.00. The average Bonchev–Trinajstić information content (AvgIpc) is 3.22. The van der Waals surface area contributed by atoms with Gasteiger partial charge in [-0.25, -0.2) is 0 Å². The quantitative estimate of drug-likeness (QED) is 0.427. The lowest BCUT2D eigenvalue weighted by Gasteiger charge is -2.25. The summed E-state index contributed by atoms with van der Waals surface area (Å²) >= 11 is 1.62. The Hall–Kier alpha value is -3.05. The minimum atomic E-state index is -0.201. The number of hydrogen-bond donors (Lipinski definition) is 1. The Morgan fingerprint density at radius 3 is 2.39 bits per heavy atom. The molecule has 3 aromatic carbocycles. The molecule has 0 bridgehead atoms. The summed E-state index contributed by atoms with van der Waals surface area (Å²) in [5, 5.41) is 2.97. The van der Waals surface area contributed by atoms with E-state index in [0.29, 0.717) is 11.7 Å². The van der Waals surface area contributed by atoms with Crippen molar-refractivity contribution in [1.29, 1.82) is 0 Å². The summed E-state index contributed by atoms with van der Waals surface area (Å²) in [5.41, 5.74) is 4.93. The predicted molar refractivity (Wildman–Crippen MR) is 138 cm³/mol. The molecular formula is C28H30N2O2S. The lowest BCUT2D eigenvalue weighted by molar-refractivity contribution is -0.118. The molecule has 1 N–H and O–H groups in total. The van der Waals surface area contributed by atoms with E-state index in [1.807, 2.05) is 78.6 Å². The highest BCUT2D eigenvalue weighted by atomic mass is 32.2. The minimum Gasteiger partial charge on any atom is -0.326 e. The van der Waals surface area contributed by atoms with Crippen molar-refractivity contribution in [3.8, 4) is 0 Å². The molecule has 1 saturated heterocycles. The van der Waals surface area contributed by atoms with Gasteiger partial charge in [0.1, 0.15) is 5.37 Å². The Morgan fingerprint density at radius 2 is 1.73 bits per heavy atom. The maximum atomic E-state index is 13.0. The van der Waals surface area contributed by atoms with Gasteiger partial charge in [-0.15, -0.1) is 11.8 Å². The van der Waals surface area contributed by atoms with Crippen LogP contribution in [0.5, 0.6) is 0 Å². The van der Waals surface area contributed by atoms with E-state index in [2.05, 4.69) is 31.3 Å². The molecule has 1 heterocycles. The van der Waals surface area contributed by atoms with Crippen LogP contribution >= 0.6 is 11.8 Å². The highest BCUT2D eigenvalue weighted by Crippen LogP contribution is 2.42. The molecule has 5 heteroatoms. The highest BCUT2D eigenvalue weighted by Gasteiger charge is 2.34. The topological polar surface area (TPSA) is 49.4 Å². The van der Waals surface area contributed by atoms with Gasteiger partial charge in [-0.1, -0.05) is 75.4 Å². The number of carbonyl (C=O) groups excluding carboxylic acids is 2. The molecule has 33 heavy (non-hydrogen) atoms. The molecule has 0 saturated carbocycles. The van der Waals surface area contributed by atoms with E-state index in [0.717, 1.165) is 28.9 Å². The summed E-state index contributed by atoms with van der Waals surface area (Å²) in [5.74, 6) is 0.776. The van der Waals surface area contributed by atoms with Crippen molar-refractivity contribution in [1.82, 2.24) is 0 Å². The van der Waals surface area contributed by atoms with Gasteiger partial charge in [0.05, 0.1) is 11.7 Å². The van der Waals surface area contributed by atoms with Gasteiger partial charge in [-0.2, -0.15) is 0 Å². The van der Waals surface area contributed by atoms with Crippen molar-refractivity contribution in [2.75, 3.05) is 16.0 Å². The molecule has 2 amide bonds. The van der Waals surface area contributed by atoms with E-state index < -0.39 is 0 Å². The summed E-state index contributed by atoms with van der Waals surface area (Å²) in [6, 6.07) is 26.0. The van der Waals surface area contributed by atoms with Gasteiger partial charge in [0.15, 0.2) is 0 Å². The summed E-state index contributed by atoms with van der Waals surface area (Å²) < 4.78 is 0. The fourth-order valence-corrected chi connectivity index (χ4v) is 5.39. The number of carbonyl (C=O) groups is 2. The van der Waals surface area contributed by atoms with Crippen LogP contribution in [0, 0.1) is 0 Å². The first kappa shape index (κ1) is 23.1. The Bertz CT molecular complexity index is 1110. The summed E-state index contributed by atoms with van der Waals surface area (Å²) in [6.07, 6.45) is 0.725. The van der Waals surface area contributed by atoms with Crippen LogP contribution in [-0.4, -0.2) is 17.6 Å². The second-order valence-electron chi connectivity index (χ2n) is 8.66. The van der Waals surface area contributed by atoms with E-state index in [9.17, 15) is 9.59 Å². The molecule has 4 rings (SSSR count). The van der Waals surface area contributed by atoms with Crippen LogP contribution in [0.4, 0.5) is 11.4 Å². The zero-order chi connectivity index (χ0) is 23.4. The molecule has 0 aliphatic carbocycles. The van der Waals surface area contributed by atoms with Gasteiger partial charge < -0.3 is 5.32 Å². The molecule has 3 aromatic rings. The molecule has 1 fully saturated rings. The van der Waals surface area contributed by atoms with Gasteiger partial charge in [-0.3, -0.25) is 14.5 Å².